The normalized spacial score (nSPS) is 11.4. The van der Waals surface area contributed by atoms with E-state index in [0.29, 0.717) is 0 Å². The van der Waals surface area contributed by atoms with Gasteiger partial charge in [0.15, 0.2) is 6.04 Å². The van der Waals surface area contributed by atoms with Crippen molar-refractivity contribution in [3.8, 4) is 0 Å². The number of carbonyl (C=O) groups excluding carboxylic acids is 2. The lowest BCUT2D eigenvalue weighted by Crippen LogP contribution is -2.40. The number of methoxy groups -OCH3 is 1. The quantitative estimate of drug-likeness (QED) is 0.566. The zero-order valence-electron chi connectivity index (χ0n) is 10.2. The van der Waals surface area contributed by atoms with Gasteiger partial charge in [-0.25, -0.2) is 4.79 Å². The Labute approximate surface area is 109 Å². The summed E-state index contributed by atoms with van der Waals surface area (Å²) in [5, 5.41) is 8.84. The van der Waals surface area contributed by atoms with Crippen LogP contribution in [0.25, 0.3) is 0 Å². The molecule has 0 fully saturated rings. The van der Waals surface area contributed by atoms with Gasteiger partial charge in [-0.1, -0.05) is 18.2 Å². The van der Waals surface area contributed by atoms with Crippen molar-refractivity contribution in [2.75, 3.05) is 7.11 Å². The molecule has 7 nitrogen and oxygen atoms in total. The molecule has 0 aliphatic heterocycles. The van der Waals surface area contributed by atoms with E-state index < -0.39 is 30.4 Å². The van der Waals surface area contributed by atoms with Crippen LogP contribution in [0.1, 0.15) is 16.8 Å². The van der Waals surface area contributed by atoms with E-state index in [-0.39, 0.29) is 5.56 Å². The Morgan fingerprint density at radius 2 is 1.89 bits per heavy atom. The maximum Gasteiger partial charge on any atom is 0.356 e. The first kappa shape index (κ1) is 14.7. The number of hydrogen-bond donors (Lipinski definition) is 2. The van der Waals surface area contributed by atoms with Gasteiger partial charge in [0.2, 0.25) is 0 Å². The fraction of sp³-hybridized carbons (Fsp3) is 0.250. The number of esters is 1. The number of hydroxylamine groups is 1. The van der Waals surface area contributed by atoms with Crippen molar-refractivity contribution in [3.05, 3.63) is 35.9 Å². The summed E-state index contributed by atoms with van der Waals surface area (Å²) in [5.41, 5.74) is 2.29. The van der Waals surface area contributed by atoms with Crippen LogP contribution < -0.4 is 5.48 Å². The highest BCUT2D eigenvalue weighted by Gasteiger charge is 2.23. The molecular weight excluding hydrogens is 254 g/mol. The van der Waals surface area contributed by atoms with Crippen LogP contribution in [-0.4, -0.2) is 36.2 Å². The predicted octanol–water partition coefficient (Wildman–Crippen LogP) is 0.364. The molecule has 0 radical (unpaired) electrons. The molecule has 0 spiro atoms. The molecule has 0 saturated heterocycles. The monoisotopic (exact) mass is 267 g/mol. The Morgan fingerprint density at radius 1 is 1.26 bits per heavy atom. The lowest BCUT2D eigenvalue weighted by Gasteiger charge is -2.12. The number of ether oxygens (including phenoxy) is 1. The number of carboxylic acid groups (broad SMARTS) is 1. The molecule has 0 aliphatic carbocycles. The van der Waals surface area contributed by atoms with Crippen LogP contribution in [0, 0.1) is 0 Å². The molecule has 0 bridgehead atoms. The Morgan fingerprint density at radius 3 is 2.42 bits per heavy atom. The number of nitrogens with one attached hydrogen (secondary N) is 1. The second-order valence-electron chi connectivity index (χ2n) is 3.54. The van der Waals surface area contributed by atoms with E-state index in [4.69, 9.17) is 5.11 Å². The minimum absolute atomic E-state index is 0.261. The van der Waals surface area contributed by atoms with Gasteiger partial charge < -0.3 is 14.7 Å². The minimum Gasteiger partial charge on any atom is -0.480 e. The van der Waals surface area contributed by atoms with E-state index in [1.807, 2.05) is 5.48 Å². The van der Waals surface area contributed by atoms with Gasteiger partial charge in [-0.2, -0.15) is 0 Å². The zero-order chi connectivity index (χ0) is 14.3. The molecule has 19 heavy (non-hydrogen) atoms. The number of benzene rings is 1. The third-order valence-electron chi connectivity index (χ3n) is 2.20. The summed E-state index contributed by atoms with van der Waals surface area (Å²) in [6.07, 6.45) is -0.450. The van der Waals surface area contributed by atoms with Crippen molar-refractivity contribution in [1.29, 1.82) is 0 Å². The fourth-order valence-corrected chi connectivity index (χ4v) is 1.19. The molecule has 0 amide bonds. The highest BCUT2D eigenvalue weighted by atomic mass is 16.7. The smallest absolute Gasteiger partial charge is 0.356 e. The molecule has 0 aliphatic rings. The maximum atomic E-state index is 11.5. The SMILES string of the molecule is COC(=O)CC(NOC(=O)c1ccccc1)C(=O)O. The molecule has 102 valence electrons. The van der Waals surface area contributed by atoms with Gasteiger partial charge in [0.05, 0.1) is 19.1 Å². The Balaban J connectivity index is 2.55. The van der Waals surface area contributed by atoms with Crippen molar-refractivity contribution in [3.63, 3.8) is 0 Å². The second-order valence-corrected chi connectivity index (χ2v) is 3.54. The van der Waals surface area contributed by atoms with Crippen LogP contribution in [0.3, 0.4) is 0 Å². The number of carbonyl (C=O) groups is 3. The van der Waals surface area contributed by atoms with E-state index in [2.05, 4.69) is 9.57 Å². The van der Waals surface area contributed by atoms with Crippen LogP contribution in [0.15, 0.2) is 30.3 Å². The van der Waals surface area contributed by atoms with Gasteiger partial charge in [0.1, 0.15) is 0 Å². The molecule has 0 aromatic heterocycles. The topological polar surface area (TPSA) is 102 Å². The van der Waals surface area contributed by atoms with Crippen molar-refractivity contribution in [2.24, 2.45) is 0 Å². The largest absolute Gasteiger partial charge is 0.480 e. The van der Waals surface area contributed by atoms with E-state index in [0.717, 1.165) is 7.11 Å². The van der Waals surface area contributed by atoms with E-state index in [1.165, 1.54) is 12.1 Å². The van der Waals surface area contributed by atoms with Crippen LogP contribution in [0.5, 0.6) is 0 Å². The predicted molar refractivity (Wildman–Crippen MR) is 63.1 cm³/mol. The molecule has 1 aromatic carbocycles. The number of hydrogen-bond acceptors (Lipinski definition) is 6. The minimum atomic E-state index is -1.36. The third-order valence-corrected chi connectivity index (χ3v) is 2.20. The van der Waals surface area contributed by atoms with Crippen LogP contribution in [0.2, 0.25) is 0 Å². The van der Waals surface area contributed by atoms with Crippen molar-refractivity contribution >= 4 is 17.9 Å². The lowest BCUT2D eigenvalue weighted by molar-refractivity contribution is -0.150. The Hall–Kier alpha value is -2.41. The van der Waals surface area contributed by atoms with Gasteiger partial charge in [0.25, 0.3) is 0 Å². The van der Waals surface area contributed by atoms with Crippen LogP contribution in [0.4, 0.5) is 0 Å². The van der Waals surface area contributed by atoms with Crippen molar-refractivity contribution in [1.82, 2.24) is 5.48 Å². The number of carboxylic acids is 1. The Kier molecular flexibility index (Phi) is 5.49. The summed E-state index contributed by atoms with van der Waals surface area (Å²) in [6, 6.07) is 6.67. The summed E-state index contributed by atoms with van der Waals surface area (Å²) < 4.78 is 4.34. The third kappa shape index (κ3) is 4.76. The molecule has 2 N–H and O–H groups in total. The summed E-state index contributed by atoms with van der Waals surface area (Å²) in [6.45, 7) is 0. The molecular formula is C12H13NO6. The first-order chi connectivity index (χ1) is 9.04. The molecule has 1 unspecified atom stereocenters. The van der Waals surface area contributed by atoms with Crippen molar-refractivity contribution in [2.45, 2.75) is 12.5 Å². The first-order valence-corrected chi connectivity index (χ1v) is 5.36. The van der Waals surface area contributed by atoms with Crippen LogP contribution >= 0.6 is 0 Å². The Bertz CT molecular complexity index is 459. The highest BCUT2D eigenvalue weighted by molar-refractivity contribution is 5.89. The second kappa shape index (κ2) is 7.12. The summed E-state index contributed by atoms with van der Waals surface area (Å²) in [5.74, 6) is -2.79. The van der Waals surface area contributed by atoms with Crippen LogP contribution in [-0.2, 0) is 19.2 Å². The lowest BCUT2D eigenvalue weighted by atomic mass is 10.2. The first-order valence-electron chi connectivity index (χ1n) is 5.36. The summed E-state index contributed by atoms with van der Waals surface area (Å²) in [7, 11) is 1.14. The standard InChI is InChI=1S/C12H13NO6/c1-18-10(14)7-9(11(15)16)13-19-12(17)8-5-3-2-4-6-8/h2-6,9,13H,7H2,1H3,(H,15,16). The summed E-state index contributed by atoms with van der Waals surface area (Å²) in [4.78, 5) is 38.0. The maximum absolute atomic E-state index is 11.5. The average molecular weight is 267 g/mol. The van der Waals surface area contributed by atoms with Gasteiger partial charge in [-0.15, -0.1) is 5.48 Å². The molecule has 0 saturated carbocycles. The molecule has 1 rings (SSSR count). The fourth-order valence-electron chi connectivity index (χ4n) is 1.19. The van der Waals surface area contributed by atoms with Gasteiger partial charge >= 0.3 is 17.9 Å². The van der Waals surface area contributed by atoms with Gasteiger partial charge in [-0.05, 0) is 12.1 Å². The van der Waals surface area contributed by atoms with Crippen molar-refractivity contribution < 1.29 is 29.1 Å². The van der Waals surface area contributed by atoms with Gasteiger partial charge in [-0.3, -0.25) is 9.59 Å². The van der Waals surface area contributed by atoms with E-state index in [9.17, 15) is 14.4 Å². The number of rotatable bonds is 6. The molecule has 1 atom stereocenters. The van der Waals surface area contributed by atoms with E-state index >= 15 is 0 Å². The van der Waals surface area contributed by atoms with Gasteiger partial charge in [0, 0.05) is 0 Å². The summed E-state index contributed by atoms with van der Waals surface area (Å²) >= 11 is 0. The highest BCUT2D eigenvalue weighted by Crippen LogP contribution is 2.01. The number of aliphatic carboxylic acids is 1. The molecule has 7 heteroatoms. The van der Waals surface area contributed by atoms with E-state index in [1.54, 1.807) is 18.2 Å². The molecule has 0 heterocycles. The zero-order valence-corrected chi connectivity index (χ0v) is 10.2. The molecule has 1 aromatic rings. The average Bonchev–Trinajstić information content (AvgIpc) is 2.43.